The first kappa shape index (κ1) is 18.9. The minimum atomic E-state index is -0.433. The second kappa shape index (κ2) is 7.20. The normalized spacial score (nSPS) is 17.7. The number of carbonyl (C=O) groups excluding carboxylic acids is 1. The van der Waals surface area contributed by atoms with Gasteiger partial charge in [-0.2, -0.15) is 5.10 Å². The van der Waals surface area contributed by atoms with Gasteiger partial charge in [-0.05, 0) is 57.0 Å². The molecule has 29 heavy (non-hydrogen) atoms. The van der Waals surface area contributed by atoms with Crippen molar-refractivity contribution >= 4 is 17.7 Å². The Bertz CT molecular complexity index is 1060. The van der Waals surface area contributed by atoms with E-state index in [1.54, 1.807) is 10.9 Å². The van der Waals surface area contributed by atoms with Crippen LogP contribution < -0.4 is 10.6 Å². The van der Waals surface area contributed by atoms with Crippen molar-refractivity contribution in [2.45, 2.75) is 45.9 Å². The van der Waals surface area contributed by atoms with Crippen molar-refractivity contribution < 1.29 is 9.53 Å². The van der Waals surface area contributed by atoms with Crippen LogP contribution >= 0.6 is 0 Å². The van der Waals surface area contributed by atoms with Gasteiger partial charge in [0.2, 0.25) is 5.95 Å². The summed E-state index contributed by atoms with van der Waals surface area (Å²) in [5, 5.41) is 10.5. The molecule has 150 valence electrons. The molecule has 3 heterocycles. The lowest BCUT2D eigenvalue weighted by Gasteiger charge is -2.23. The zero-order valence-electron chi connectivity index (χ0n) is 16.9. The molecule has 1 unspecified atom stereocenters. The van der Waals surface area contributed by atoms with E-state index in [1.165, 1.54) is 0 Å². The minimum absolute atomic E-state index is 0.282. The quantitative estimate of drug-likeness (QED) is 0.689. The molecule has 1 atom stereocenters. The minimum Gasteiger partial charge on any atom is -0.442 e. The van der Waals surface area contributed by atoms with Crippen molar-refractivity contribution in [1.82, 2.24) is 25.1 Å². The van der Waals surface area contributed by atoms with E-state index in [1.807, 2.05) is 58.3 Å². The van der Waals surface area contributed by atoms with E-state index in [2.05, 4.69) is 31.8 Å². The molecular weight excluding hydrogens is 368 g/mol. The highest BCUT2D eigenvalue weighted by molar-refractivity contribution is 5.71. The molecule has 1 aromatic carbocycles. The number of benzene rings is 1. The summed E-state index contributed by atoms with van der Waals surface area (Å²) >= 11 is 0. The Morgan fingerprint density at radius 3 is 2.79 bits per heavy atom. The number of aryl methyl sites for hydroxylation is 2. The van der Waals surface area contributed by atoms with E-state index >= 15 is 0 Å². The molecule has 0 bridgehead atoms. The predicted molar refractivity (Wildman–Crippen MR) is 110 cm³/mol. The Balaban J connectivity index is 1.55. The van der Waals surface area contributed by atoms with Gasteiger partial charge < -0.3 is 15.4 Å². The highest BCUT2D eigenvalue weighted by Gasteiger charge is 2.41. The van der Waals surface area contributed by atoms with Crippen LogP contribution in [0.2, 0.25) is 0 Å². The van der Waals surface area contributed by atoms with Crippen LogP contribution in [0.4, 0.5) is 16.4 Å². The van der Waals surface area contributed by atoms with Crippen molar-refractivity contribution in [2.75, 3.05) is 5.32 Å². The second-order valence-electron chi connectivity index (χ2n) is 7.93. The zero-order chi connectivity index (χ0) is 20.6. The first-order chi connectivity index (χ1) is 13.8. The van der Waals surface area contributed by atoms with Crippen LogP contribution in [-0.4, -0.2) is 37.5 Å². The summed E-state index contributed by atoms with van der Waals surface area (Å²) in [5.41, 5.74) is 4.51. The largest absolute Gasteiger partial charge is 0.442 e. The average molecular weight is 392 g/mol. The van der Waals surface area contributed by atoms with Crippen molar-refractivity contribution in [2.24, 2.45) is 0 Å². The van der Waals surface area contributed by atoms with Crippen molar-refractivity contribution in [1.29, 1.82) is 0 Å². The van der Waals surface area contributed by atoms with Gasteiger partial charge in [0.25, 0.3) is 0 Å². The Morgan fingerprint density at radius 2 is 2.07 bits per heavy atom. The van der Waals surface area contributed by atoms with Gasteiger partial charge in [0, 0.05) is 29.3 Å². The Hall–Kier alpha value is -3.42. The maximum Gasteiger partial charge on any atom is 0.408 e. The van der Waals surface area contributed by atoms with Gasteiger partial charge in [0.15, 0.2) is 0 Å². The van der Waals surface area contributed by atoms with E-state index in [0.29, 0.717) is 12.5 Å². The molecule has 3 aromatic rings. The summed E-state index contributed by atoms with van der Waals surface area (Å²) in [6, 6.07) is 8.05. The Kier molecular flexibility index (Phi) is 4.70. The SMILES string of the molecule is Cc1cc(Nc2nccc(C)n2)cc(-c2cnn(CC3OC(=O)NC3(C)C)c2)c1. The molecule has 4 rings (SSSR count). The first-order valence-electron chi connectivity index (χ1n) is 9.48. The summed E-state index contributed by atoms with van der Waals surface area (Å²) in [5.74, 6) is 0.565. The molecule has 1 aliphatic rings. The maximum atomic E-state index is 11.6. The number of alkyl carbamates (subject to hydrolysis) is 1. The van der Waals surface area contributed by atoms with Crippen LogP contribution in [-0.2, 0) is 11.3 Å². The molecule has 2 N–H and O–H groups in total. The summed E-state index contributed by atoms with van der Waals surface area (Å²) < 4.78 is 7.18. The van der Waals surface area contributed by atoms with Gasteiger partial charge in [0.05, 0.1) is 18.3 Å². The molecule has 8 heteroatoms. The van der Waals surface area contributed by atoms with Gasteiger partial charge in [-0.15, -0.1) is 0 Å². The fourth-order valence-corrected chi connectivity index (χ4v) is 3.36. The number of carbonyl (C=O) groups is 1. The summed E-state index contributed by atoms with van der Waals surface area (Å²) in [4.78, 5) is 20.2. The molecule has 0 spiro atoms. The third kappa shape index (κ3) is 4.21. The monoisotopic (exact) mass is 392 g/mol. The molecular formula is C21H24N6O2. The number of aromatic nitrogens is 4. The number of nitrogens with one attached hydrogen (secondary N) is 2. The molecule has 1 fully saturated rings. The fraction of sp³-hybridized carbons (Fsp3) is 0.333. The Labute approximate surface area is 169 Å². The molecule has 2 aromatic heterocycles. The van der Waals surface area contributed by atoms with Gasteiger partial charge in [-0.1, -0.05) is 6.07 Å². The van der Waals surface area contributed by atoms with Gasteiger partial charge >= 0.3 is 6.09 Å². The van der Waals surface area contributed by atoms with Gasteiger partial charge in [0.1, 0.15) is 6.10 Å². The lowest BCUT2D eigenvalue weighted by Crippen LogP contribution is -2.44. The summed E-state index contributed by atoms with van der Waals surface area (Å²) in [6.45, 7) is 8.35. The van der Waals surface area contributed by atoms with E-state index < -0.39 is 5.54 Å². The van der Waals surface area contributed by atoms with Gasteiger partial charge in [-0.25, -0.2) is 14.8 Å². The fourth-order valence-electron chi connectivity index (χ4n) is 3.36. The van der Waals surface area contributed by atoms with Crippen LogP contribution in [0, 0.1) is 13.8 Å². The Morgan fingerprint density at radius 1 is 1.24 bits per heavy atom. The van der Waals surface area contributed by atoms with Crippen molar-refractivity contribution in [3.63, 3.8) is 0 Å². The number of rotatable bonds is 5. The molecule has 1 saturated heterocycles. The first-order valence-corrected chi connectivity index (χ1v) is 9.48. The molecule has 8 nitrogen and oxygen atoms in total. The van der Waals surface area contributed by atoms with E-state index in [0.717, 1.165) is 28.1 Å². The van der Waals surface area contributed by atoms with E-state index in [-0.39, 0.29) is 12.2 Å². The van der Waals surface area contributed by atoms with Crippen LogP contribution in [0.3, 0.4) is 0 Å². The molecule has 0 saturated carbocycles. The zero-order valence-corrected chi connectivity index (χ0v) is 16.9. The average Bonchev–Trinajstić information content (AvgIpc) is 3.18. The number of hydrogen-bond donors (Lipinski definition) is 2. The van der Waals surface area contributed by atoms with Gasteiger partial charge in [-0.3, -0.25) is 4.68 Å². The molecule has 0 aliphatic carbocycles. The van der Waals surface area contributed by atoms with Crippen LogP contribution in [0.25, 0.3) is 11.1 Å². The predicted octanol–water partition coefficient (Wildman–Crippen LogP) is 3.59. The van der Waals surface area contributed by atoms with E-state index in [9.17, 15) is 4.79 Å². The van der Waals surface area contributed by atoms with Crippen LogP contribution in [0.5, 0.6) is 0 Å². The smallest absolute Gasteiger partial charge is 0.408 e. The number of ether oxygens (including phenoxy) is 1. The van der Waals surface area contributed by atoms with Crippen LogP contribution in [0.1, 0.15) is 25.1 Å². The third-order valence-corrected chi connectivity index (χ3v) is 4.93. The lowest BCUT2D eigenvalue weighted by atomic mass is 9.99. The number of nitrogens with zero attached hydrogens (tertiary/aromatic N) is 4. The summed E-state index contributed by atoms with van der Waals surface area (Å²) in [6.07, 6.45) is 4.84. The highest BCUT2D eigenvalue weighted by Crippen LogP contribution is 2.27. The number of cyclic esters (lactones) is 1. The number of anilines is 2. The summed E-state index contributed by atoms with van der Waals surface area (Å²) in [7, 11) is 0. The van der Waals surface area contributed by atoms with Crippen molar-refractivity contribution in [3.8, 4) is 11.1 Å². The lowest BCUT2D eigenvalue weighted by molar-refractivity contribution is 0.101. The molecule has 0 radical (unpaired) electrons. The molecule has 1 aliphatic heterocycles. The maximum absolute atomic E-state index is 11.6. The van der Waals surface area contributed by atoms with E-state index in [4.69, 9.17) is 4.74 Å². The number of amides is 1. The molecule has 1 amide bonds. The second-order valence-corrected chi connectivity index (χ2v) is 7.93. The van der Waals surface area contributed by atoms with Crippen LogP contribution in [0.15, 0.2) is 42.9 Å². The van der Waals surface area contributed by atoms with Crippen molar-refractivity contribution in [3.05, 3.63) is 54.1 Å². The number of hydrogen-bond acceptors (Lipinski definition) is 6. The topological polar surface area (TPSA) is 94.0 Å². The highest BCUT2D eigenvalue weighted by atomic mass is 16.6. The third-order valence-electron chi connectivity index (χ3n) is 4.93. The standard InChI is InChI=1S/C21H24N6O2/c1-13-7-15(9-17(8-13)25-19-22-6-5-14(2)24-19)16-10-23-27(11-16)12-18-21(3,4)26-20(28)29-18/h5-11,18H,12H2,1-4H3,(H,26,28)(H,22,24,25).